The zero-order valence-corrected chi connectivity index (χ0v) is 8.49. The molecule has 0 bridgehead atoms. The zero-order chi connectivity index (χ0) is 10.0. The molecule has 1 fully saturated rings. The van der Waals surface area contributed by atoms with Crippen molar-refractivity contribution in [2.24, 2.45) is 5.41 Å². The van der Waals surface area contributed by atoms with E-state index in [1.165, 1.54) is 19.3 Å². The summed E-state index contributed by atoms with van der Waals surface area (Å²) in [7, 11) is 0. The Kier molecular flexibility index (Phi) is 2.36. The van der Waals surface area contributed by atoms with Gasteiger partial charge in [-0.1, -0.05) is 19.4 Å². The summed E-state index contributed by atoms with van der Waals surface area (Å²) in [5.74, 6) is 0.188. The Balaban J connectivity index is 2.03. The number of carbonyl (C=O) groups excluding carboxylic acids is 1. The van der Waals surface area contributed by atoms with Gasteiger partial charge in [-0.3, -0.25) is 9.78 Å². The highest BCUT2D eigenvalue weighted by molar-refractivity contribution is 5.94. The van der Waals surface area contributed by atoms with Gasteiger partial charge in [0.25, 0.3) is 0 Å². The minimum Gasteiger partial charge on any atom is -0.292 e. The average molecular weight is 189 g/mol. The maximum atomic E-state index is 11.8. The van der Waals surface area contributed by atoms with Gasteiger partial charge in [0.2, 0.25) is 0 Å². The van der Waals surface area contributed by atoms with E-state index in [-0.39, 0.29) is 11.2 Å². The normalized spacial score (nSPS) is 18.6. The third kappa shape index (κ3) is 1.84. The molecule has 0 atom stereocenters. The van der Waals surface area contributed by atoms with Crippen LogP contribution in [0.4, 0.5) is 0 Å². The van der Waals surface area contributed by atoms with Crippen molar-refractivity contribution in [3.8, 4) is 0 Å². The highest BCUT2D eigenvalue weighted by Gasteiger charge is 2.34. The lowest BCUT2D eigenvalue weighted by molar-refractivity contribution is 0.0811. The molecule has 0 aromatic carbocycles. The van der Waals surface area contributed by atoms with Gasteiger partial charge in [-0.05, 0) is 30.4 Å². The molecule has 1 aromatic heterocycles. The number of aromatic nitrogens is 1. The Morgan fingerprint density at radius 3 is 2.79 bits per heavy atom. The molecular weight excluding hydrogens is 174 g/mol. The van der Waals surface area contributed by atoms with Crippen LogP contribution in [-0.2, 0) is 0 Å². The molecule has 0 radical (unpaired) electrons. The summed E-state index contributed by atoms with van der Waals surface area (Å²) in [4.78, 5) is 15.9. The van der Waals surface area contributed by atoms with Gasteiger partial charge in [0.05, 0.1) is 0 Å². The van der Waals surface area contributed by atoms with E-state index < -0.39 is 0 Å². The van der Waals surface area contributed by atoms with E-state index >= 15 is 0 Å². The minimum atomic E-state index is 0.188. The van der Waals surface area contributed by atoms with Crippen LogP contribution in [-0.4, -0.2) is 10.8 Å². The van der Waals surface area contributed by atoms with Gasteiger partial charge in [-0.2, -0.15) is 0 Å². The number of rotatable bonds is 3. The lowest BCUT2D eigenvalue weighted by atomic mass is 9.67. The molecular formula is C12H15NO. The van der Waals surface area contributed by atoms with Crippen molar-refractivity contribution in [2.45, 2.75) is 32.6 Å². The molecule has 0 amide bonds. The van der Waals surface area contributed by atoms with Crippen LogP contribution in [0.3, 0.4) is 0 Å². The first kappa shape index (κ1) is 9.38. The second-order valence-electron chi connectivity index (χ2n) is 4.48. The first-order valence-corrected chi connectivity index (χ1v) is 5.14. The molecule has 0 spiro atoms. The van der Waals surface area contributed by atoms with Crippen LogP contribution in [0.15, 0.2) is 24.4 Å². The van der Waals surface area contributed by atoms with Crippen LogP contribution < -0.4 is 0 Å². The number of nitrogens with zero attached hydrogens (tertiary/aromatic N) is 1. The van der Waals surface area contributed by atoms with E-state index in [0.717, 1.165) is 0 Å². The molecule has 1 heterocycles. The van der Waals surface area contributed by atoms with Gasteiger partial charge in [-0.25, -0.2) is 0 Å². The Hall–Kier alpha value is -1.18. The summed E-state index contributed by atoms with van der Waals surface area (Å²) in [5, 5.41) is 0. The van der Waals surface area contributed by atoms with Crippen molar-refractivity contribution in [2.75, 3.05) is 0 Å². The van der Waals surface area contributed by atoms with E-state index in [1.54, 1.807) is 12.3 Å². The van der Waals surface area contributed by atoms with Crippen molar-refractivity contribution < 1.29 is 4.79 Å². The molecule has 1 aromatic rings. The van der Waals surface area contributed by atoms with Crippen LogP contribution in [0.25, 0.3) is 0 Å². The number of carbonyl (C=O) groups is 1. The zero-order valence-electron chi connectivity index (χ0n) is 8.49. The number of ketones is 1. The number of pyridine rings is 1. The Morgan fingerprint density at radius 2 is 2.29 bits per heavy atom. The van der Waals surface area contributed by atoms with Crippen molar-refractivity contribution >= 4 is 5.78 Å². The van der Waals surface area contributed by atoms with E-state index in [1.807, 2.05) is 12.1 Å². The summed E-state index contributed by atoms with van der Waals surface area (Å²) < 4.78 is 0. The SMILES string of the molecule is CC1(CC(=O)c2ccccn2)CCC1. The van der Waals surface area contributed by atoms with Crippen molar-refractivity contribution in [1.82, 2.24) is 4.98 Å². The van der Waals surface area contributed by atoms with Gasteiger partial charge < -0.3 is 0 Å². The highest BCUT2D eigenvalue weighted by atomic mass is 16.1. The molecule has 2 rings (SSSR count). The predicted molar refractivity (Wildman–Crippen MR) is 55.1 cm³/mol. The molecule has 2 heteroatoms. The fraction of sp³-hybridized carbons (Fsp3) is 0.500. The van der Waals surface area contributed by atoms with E-state index in [2.05, 4.69) is 11.9 Å². The van der Waals surface area contributed by atoms with Gasteiger partial charge in [-0.15, -0.1) is 0 Å². The summed E-state index contributed by atoms with van der Waals surface area (Å²) in [6.45, 7) is 2.19. The average Bonchev–Trinajstić information content (AvgIpc) is 2.17. The molecule has 74 valence electrons. The van der Waals surface area contributed by atoms with Crippen LogP contribution in [0, 0.1) is 5.41 Å². The maximum absolute atomic E-state index is 11.8. The second-order valence-corrected chi connectivity index (χ2v) is 4.48. The number of hydrogen-bond donors (Lipinski definition) is 0. The quantitative estimate of drug-likeness (QED) is 0.684. The van der Waals surface area contributed by atoms with E-state index in [9.17, 15) is 4.79 Å². The molecule has 2 nitrogen and oxygen atoms in total. The van der Waals surface area contributed by atoms with Crippen molar-refractivity contribution in [1.29, 1.82) is 0 Å². The summed E-state index contributed by atoms with van der Waals surface area (Å²) in [5.41, 5.74) is 0.870. The van der Waals surface area contributed by atoms with Gasteiger partial charge in [0, 0.05) is 12.6 Å². The van der Waals surface area contributed by atoms with Crippen LogP contribution in [0.2, 0.25) is 0 Å². The third-order valence-electron chi connectivity index (χ3n) is 3.10. The van der Waals surface area contributed by atoms with Crippen LogP contribution in [0.5, 0.6) is 0 Å². The summed E-state index contributed by atoms with van der Waals surface area (Å²) >= 11 is 0. The summed E-state index contributed by atoms with van der Waals surface area (Å²) in [6, 6.07) is 5.50. The monoisotopic (exact) mass is 189 g/mol. The van der Waals surface area contributed by atoms with Gasteiger partial charge >= 0.3 is 0 Å². The smallest absolute Gasteiger partial charge is 0.181 e. The maximum Gasteiger partial charge on any atom is 0.181 e. The first-order chi connectivity index (χ1) is 6.70. The third-order valence-corrected chi connectivity index (χ3v) is 3.10. The number of Topliss-reactive ketones (excluding diaryl/α,β-unsaturated/α-hetero) is 1. The Bertz CT molecular complexity index is 327. The van der Waals surface area contributed by atoms with E-state index in [0.29, 0.717) is 12.1 Å². The van der Waals surface area contributed by atoms with Crippen LogP contribution >= 0.6 is 0 Å². The fourth-order valence-corrected chi connectivity index (χ4v) is 1.96. The molecule has 1 saturated carbocycles. The van der Waals surface area contributed by atoms with Gasteiger partial charge in [0.15, 0.2) is 5.78 Å². The minimum absolute atomic E-state index is 0.188. The molecule has 0 N–H and O–H groups in total. The lowest BCUT2D eigenvalue weighted by Gasteiger charge is -2.37. The van der Waals surface area contributed by atoms with Crippen molar-refractivity contribution in [3.05, 3.63) is 30.1 Å². The largest absolute Gasteiger partial charge is 0.292 e. The van der Waals surface area contributed by atoms with Crippen LogP contribution in [0.1, 0.15) is 43.1 Å². The molecule has 0 saturated heterocycles. The Labute approximate surface area is 84.4 Å². The molecule has 1 aliphatic carbocycles. The predicted octanol–water partition coefficient (Wildman–Crippen LogP) is 2.84. The Morgan fingerprint density at radius 1 is 1.50 bits per heavy atom. The standard InChI is InChI=1S/C12H15NO/c1-12(6-4-7-12)9-11(14)10-5-2-3-8-13-10/h2-3,5,8H,4,6-7,9H2,1H3. The molecule has 0 unspecified atom stereocenters. The molecule has 0 aliphatic heterocycles. The lowest BCUT2D eigenvalue weighted by Crippen LogP contribution is -2.28. The molecule has 14 heavy (non-hydrogen) atoms. The van der Waals surface area contributed by atoms with Crippen molar-refractivity contribution in [3.63, 3.8) is 0 Å². The first-order valence-electron chi connectivity index (χ1n) is 5.14. The summed E-state index contributed by atoms with van der Waals surface area (Å²) in [6.07, 6.45) is 5.98. The fourth-order valence-electron chi connectivity index (χ4n) is 1.96. The van der Waals surface area contributed by atoms with Gasteiger partial charge in [0.1, 0.15) is 5.69 Å². The topological polar surface area (TPSA) is 30.0 Å². The number of hydrogen-bond acceptors (Lipinski definition) is 2. The van der Waals surface area contributed by atoms with E-state index in [4.69, 9.17) is 0 Å². The molecule has 1 aliphatic rings. The second kappa shape index (κ2) is 3.52. The highest BCUT2D eigenvalue weighted by Crippen LogP contribution is 2.43.